The zero-order valence-corrected chi connectivity index (χ0v) is 26.3. The highest BCUT2D eigenvalue weighted by Gasteiger charge is 2.35. The second kappa shape index (κ2) is 9.90. The molecule has 0 atom stereocenters. The quantitative estimate of drug-likeness (QED) is 0.379. The van der Waals surface area contributed by atoms with Gasteiger partial charge in [-0.15, -0.1) is 12.6 Å². The van der Waals surface area contributed by atoms with Crippen molar-refractivity contribution in [3.63, 3.8) is 0 Å². The number of phenolic OH excluding ortho intramolecular Hbond substituents is 1. The van der Waals surface area contributed by atoms with E-state index < -0.39 is 0 Å². The first-order valence-electron chi connectivity index (χ1n) is 13.5. The summed E-state index contributed by atoms with van der Waals surface area (Å²) >= 11 is 4.53. The Bertz CT molecular complexity index is 1270. The molecule has 1 N–H and O–H groups in total. The zero-order valence-electron chi connectivity index (χ0n) is 25.4. The van der Waals surface area contributed by atoms with Gasteiger partial charge in [-0.05, 0) is 80.4 Å². The van der Waals surface area contributed by atoms with Crippen molar-refractivity contribution in [2.45, 2.75) is 98.8 Å². The van der Waals surface area contributed by atoms with Crippen LogP contribution in [0.25, 0.3) is 5.57 Å². The topological polar surface area (TPSA) is 37.3 Å². The lowest BCUT2D eigenvalue weighted by Gasteiger charge is -2.32. The van der Waals surface area contributed by atoms with Gasteiger partial charge in [0.1, 0.15) is 5.75 Å². The molecule has 0 radical (unpaired) electrons. The van der Waals surface area contributed by atoms with Gasteiger partial charge in [0.25, 0.3) is 0 Å². The van der Waals surface area contributed by atoms with Crippen LogP contribution in [0.1, 0.15) is 105 Å². The summed E-state index contributed by atoms with van der Waals surface area (Å²) in [7, 11) is 0. The normalized spacial score (nSPS) is 15.4. The monoisotopic (exact) mass is 530 g/mol. The minimum atomic E-state index is -0.310. The molecular weight excluding hydrogens is 484 g/mol. The predicted molar refractivity (Wildman–Crippen MR) is 165 cm³/mol. The molecule has 1 aliphatic carbocycles. The van der Waals surface area contributed by atoms with E-state index in [0.717, 1.165) is 49.4 Å². The molecule has 0 unspecified atom stereocenters. The Labute approximate surface area is 236 Å². The van der Waals surface area contributed by atoms with Crippen LogP contribution in [0.5, 0.6) is 5.75 Å². The number of hydrogen-bond acceptors (Lipinski definition) is 3. The Kier molecular flexibility index (Phi) is 7.82. The molecule has 0 saturated heterocycles. The van der Waals surface area contributed by atoms with Crippen LogP contribution in [0.2, 0.25) is 0 Å². The van der Waals surface area contributed by atoms with E-state index in [1.165, 1.54) is 0 Å². The number of hydrogen-bond donors (Lipinski definition) is 2. The fraction of sp³-hybridized carbons (Fsp3) is 0.457. The summed E-state index contributed by atoms with van der Waals surface area (Å²) in [5.74, 6) is 0.481. The van der Waals surface area contributed by atoms with E-state index in [9.17, 15) is 9.90 Å². The maximum absolute atomic E-state index is 13.7. The average Bonchev–Trinajstić information content (AvgIpc) is 2.73. The van der Waals surface area contributed by atoms with Crippen LogP contribution in [0, 0.1) is 10.8 Å². The molecule has 0 heterocycles. The van der Waals surface area contributed by atoms with Crippen molar-refractivity contribution in [3.05, 3.63) is 87.5 Å². The second-order valence-corrected chi connectivity index (χ2v) is 15.3. The lowest BCUT2D eigenvalue weighted by atomic mass is 9.70. The molecule has 0 fully saturated rings. The van der Waals surface area contributed by atoms with Gasteiger partial charge in [-0.1, -0.05) is 95.2 Å². The largest absolute Gasteiger partial charge is 0.507 e. The van der Waals surface area contributed by atoms with Crippen LogP contribution in [0.3, 0.4) is 0 Å². The van der Waals surface area contributed by atoms with Crippen LogP contribution in [-0.2, 0) is 15.6 Å². The first-order chi connectivity index (χ1) is 17.1. The highest BCUT2D eigenvalue weighted by molar-refractivity contribution is 7.80. The lowest BCUT2D eigenvalue weighted by Crippen LogP contribution is -2.28. The molecule has 0 aromatic heterocycles. The Balaban J connectivity index is 2.58. The van der Waals surface area contributed by atoms with Crippen molar-refractivity contribution in [1.29, 1.82) is 0 Å². The summed E-state index contributed by atoms with van der Waals surface area (Å²) in [6.07, 6.45) is 4.17. The lowest BCUT2D eigenvalue weighted by molar-refractivity contribution is -0.114. The molecule has 2 aromatic rings. The smallest absolute Gasteiger partial charge is 0.186 e. The number of phenols is 1. The third-order valence-electron chi connectivity index (χ3n) is 7.16. The molecular formula is C35H46O2S. The first kappa shape index (κ1) is 30.0. The van der Waals surface area contributed by atoms with E-state index in [2.05, 4.69) is 132 Å². The summed E-state index contributed by atoms with van der Waals surface area (Å²) in [5, 5.41) is 11.4. The van der Waals surface area contributed by atoms with Gasteiger partial charge in [-0.3, -0.25) is 4.79 Å². The van der Waals surface area contributed by atoms with Crippen molar-refractivity contribution in [3.8, 4) is 5.75 Å². The van der Waals surface area contributed by atoms with Gasteiger partial charge in [-0.2, -0.15) is 0 Å². The maximum Gasteiger partial charge on any atom is 0.186 e. The van der Waals surface area contributed by atoms with Gasteiger partial charge in [0, 0.05) is 27.2 Å². The fourth-order valence-electron chi connectivity index (χ4n) is 4.94. The van der Waals surface area contributed by atoms with Crippen LogP contribution in [0.15, 0.2) is 70.2 Å². The van der Waals surface area contributed by atoms with Crippen LogP contribution >= 0.6 is 12.6 Å². The van der Waals surface area contributed by atoms with Crippen molar-refractivity contribution in [1.82, 2.24) is 0 Å². The van der Waals surface area contributed by atoms with E-state index in [1.54, 1.807) is 0 Å². The summed E-state index contributed by atoms with van der Waals surface area (Å²) in [6.45, 7) is 25.4. The van der Waals surface area contributed by atoms with Gasteiger partial charge in [0.05, 0.1) is 0 Å². The van der Waals surface area contributed by atoms with Gasteiger partial charge < -0.3 is 5.11 Å². The number of carbonyl (C=O) groups is 1. The number of Topliss-reactive ketones (excluding diaryl/α,β-unsaturated/α-hetero) is 1. The molecule has 0 bridgehead atoms. The van der Waals surface area contributed by atoms with Gasteiger partial charge in [-0.25, -0.2) is 0 Å². The zero-order chi connectivity index (χ0) is 29.0. The maximum atomic E-state index is 13.7. The highest BCUT2D eigenvalue weighted by Crippen LogP contribution is 2.45. The number of ketones is 1. The van der Waals surface area contributed by atoms with Crippen molar-refractivity contribution >= 4 is 24.0 Å². The number of thiol groups is 1. The standard InChI is InChI=1S/C35H46O2S/c1-32(2,3)25-17-22(18-26(30(25)36)33(4,5)6)29(21-13-15-24(38)16-14-21)23-19-27(34(7,8)9)31(37)28(20-23)35(10,11)12/h13-20,36,38H,1-12H3. The van der Waals surface area contributed by atoms with Crippen molar-refractivity contribution in [2.75, 3.05) is 0 Å². The Morgan fingerprint density at radius 3 is 1.37 bits per heavy atom. The number of benzene rings is 2. The first-order valence-corrected chi connectivity index (χ1v) is 14.0. The molecule has 0 aliphatic heterocycles. The van der Waals surface area contributed by atoms with Gasteiger partial charge >= 0.3 is 0 Å². The van der Waals surface area contributed by atoms with E-state index in [1.807, 2.05) is 12.1 Å². The predicted octanol–water partition coefficient (Wildman–Crippen LogP) is 9.61. The van der Waals surface area contributed by atoms with Gasteiger partial charge in [0.2, 0.25) is 0 Å². The number of allylic oxidation sites excluding steroid dienone is 5. The average molecular weight is 531 g/mol. The Morgan fingerprint density at radius 1 is 0.632 bits per heavy atom. The molecule has 2 nitrogen and oxygen atoms in total. The summed E-state index contributed by atoms with van der Waals surface area (Å²) in [5.41, 5.74) is 6.45. The Morgan fingerprint density at radius 2 is 1.03 bits per heavy atom. The van der Waals surface area contributed by atoms with E-state index in [-0.39, 0.29) is 27.4 Å². The highest BCUT2D eigenvalue weighted by atomic mass is 32.1. The van der Waals surface area contributed by atoms with Crippen molar-refractivity contribution in [2.24, 2.45) is 10.8 Å². The number of aromatic hydroxyl groups is 1. The summed E-state index contributed by atoms with van der Waals surface area (Å²) in [6, 6.07) is 12.5. The fourth-order valence-corrected chi connectivity index (χ4v) is 5.09. The molecule has 0 saturated carbocycles. The number of carbonyl (C=O) groups excluding carboxylic acids is 1. The van der Waals surface area contributed by atoms with E-state index >= 15 is 0 Å². The third kappa shape index (κ3) is 6.20. The molecule has 2 aromatic carbocycles. The molecule has 3 heteroatoms. The van der Waals surface area contributed by atoms with Gasteiger partial charge in [0.15, 0.2) is 5.78 Å². The van der Waals surface area contributed by atoms with Crippen LogP contribution in [-0.4, -0.2) is 10.9 Å². The molecule has 3 rings (SSSR count). The van der Waals surface area contributed by atoms with E-state index in [4.69, 9.17) is 0 Å². The third-order valence-corrected chi connectivity index (χ3v) is 7.46. The minimum absolute atomic E-state index is 0.121. The van der Waals surface area contributed by atoms with E-state index in [0.29, 0.717) is 5.75 Å². The molecule has 38 heavy (non-hydrogen) atoms. The molecule has 204 valence electrons. The molecule has 1 aliphatic rings. The minimum Gasteiger partial charge on any atom is -0.507 e. The molecule has 0 amide bonds. The summed E-state index contributed by atoms with van der Waals surface area (Å²) in [4.78, 5) is 14.6. The SMILES string of the molecule is CC(C)(C)C1=CC(=C(c2ccc(S)cc2)c2cc(C(C)(C)C)c(O)c(C(C)(C)C)c2)C=C(C(C)(C)C)C1=O. The van der Waals surface area contributed by atoms with Crippen molar-refractivity contribution < 1.29 is 9.90 Å². The second-order valence-electron chi connectivity index (χ2n) is 14.7. The summed E-state index contributed by atoms with van der Waals surface area (Å²) < 4.78 is 0. The number of rotatable bonds is 2. The van der Waals surface area contributed by atoms with Crippen LogP contribution in [0.4, 0.5) is 0 Å². The Hall–Kier alpha value is -2.52. The van der Waals surface area contributed by atoms with Crippen LogP contribution < -0.4 is 0 Å². The molecule has 0 spiro atoms.